The fourth-order valence-electron chi connectivity index (χ4n) is 9.51. The smallest absolute Gasteiger partial charge is 0.0408 e. The Balaban J connectivity index is 1.64. The molecule has 0 heteroatoms. The summed E-state index contributed by atoms with van der Waals surface area (Å²) >= 11 is 0. The molecule has 0 aliphatic heterocycles. The molecule has 0 fully saturated rings. The van der Waals surface area contributed by atoms with Gasteiger partial charge in [-0.05, 0) is 110 Å². The van der Waals surface area contributed by atoms with Gasteiger partial charge in [-0.15, -0.1) is 0 Å². The van der Waals surface area contributed by atoms with Crippen molar-refractivity contribution in [1.82, 2.24) is 0 Å². The average Bonchev–Trinajstić information content (AvgIpc) is 3.31. The van der Waals surface area contributed by atoms with Crippen molar-refractivity contribution in [2.75, 3.05) is 0 Å². The lowest BCUT2D eigenvalue weighted by molar-refractivity contribution is 0.570. The van der Waals surface area contributed by atoms with Crippen LogP contribution in [0.4, 0.5) is 0 Å². The topological polar surface area (TPSA) is 0 Å². The maximum atomic E-state index is 3.73. The predicted octanol–water partition coefficient (Wildman–Crippen LogP) is 18.9. The molecular formula is C64H92. The number of aryl methyl sites for hydroxylation is 4. The fraction of sp³-hybridized carbons (Fsp3) is 0.625. The fourth-order valence-corrected chi connectivity index (χ4v) is 9.51. The van der Waals surface area contributed by atoms with E-state index in [1.807, 2.05) is 0 Å². The largest absolute Gasteiger partial charge is 0.0654 e. The molecule has 0 radical (unpaired) electrons. The third-order valence-electron chi connectivity index (χ3n) is 13.7. The lowest BCUT2D eigenvalue weighted by Crippen LogP contribution is -2.00. The first-order valence-electron chi connectivity index (χ1n) is 27.6. The molecule has 0 unspecified atom stereocenters. The summed E-state index contributed by atoms with van der Waals surface area (Å²) in [5.74, 6) is 22.0. The van der Waals surface area contributed by atoms with E-state index in [-0.39, 0.29) is 0 Å². The molecule has 0 nitrogen and oxygen atoms in total. The predicted molar refractivity (Wildman–Crippen MR) is 283 cm³/mol. The monoisotopic (exact) mass is 861 g/mol. The van der Waals surface area contributed by atoms with Gasteiger partial charge < -0.3 is 0 Å². The SMILES string of the molecule is CCCCCCCCCCc1ccc2c(c1)C#Cc1cc(CCCCCCCCCC)c(CCCCCCCCCC)cc1C#Cc1cc(CCCCCCCCCC)ccc1C#C2. The summed E-state index contributed by atoms with van der Waals surface area (Å²) in [4.78, 5) is 0. The van der Waals surface area contributed by atoms with Crippen LogP contribution in [0.3, 0.4) is 0 Å². The van der Waals surface area contributed by atoms with Crippen molar-refractivity contribution >= 4 is 0 Å². The number of rotatable bonds is 36. The third-order valence-corrected chi connectivity index (χ3v) is 13.7. The van der Waals surface area contributed by atoms with Crippen molar-refractivity contribution in [3.05, 3.63) is 104 Å². The van der Waals surface area contributed by atoms with Crippen LogP contribution < -0.4 is 0 Å². The molecule has 0 bridgehead atoms. The second-order valence-corrected chi connectivity index (χ2v) is 19.6. The Morgan fingerprint density at radius 3 is 0.766 bits per heavy atom. The van der Waals surface area contributed by atoms with Crippen LogP contribution in [0.1, 0.15) is 289 Å². The Morgan fingerprint density at radius 2 is 0.469 bits per heavy atom. The summed E-state index contributed by atoms with van der Waals surface area (Å²) in [6.07, 6.45) is 47.5. The summed E-state index contributed by atoms with van der Waals surface area (Å²) in [5, 5.41) is 0. The molecule has 0 saturated heterocycles. The molecule has 0 heterocycles. The zero-order valence-corrected chi connectivity index (χ0v) is 42.1. The van der Waals surface area contributed by atoms with Gasteiger partial charge in [0.15, 0.2) is 0 Å². The second kappa shape index (κ2) is 34.7. The van der Waals surface area contributed by atoms with Crippen molar-refractivity contribution in [3.63, 3.8) is 0 Å². The van der Waals surface area contributed by atoms with Gasteiger partial charge in [-0.1, -0.05) is 255 Å². The average molecular weight is 861 g/mol. The van der Waals surface area contributed by atoms with Gasteiger partial charge in [0.1, 0.15) is 0 Å². The Labute approximate surface area is 396 Å². The first kappa shape index (κ1) is 53.0. The van der Waals surface area contributed by atoms with Crippen LogP contribution in [-0.4, -0.2) is 0 Å². The highest BCUT2D eigenvalue weighted by atomic mass is 14.1. The first-order valence-corrected chi connectivity index (χ1v) is 27.6. The van der Waals surface area contributed by atoms with E-state index in [1.165, 1.54) is 228 Å². The molecule has 1 aliphatic carbocycles. The van der Waals surface area contributed by atoms with Crippen molar-refractivity contribution < 1.29 is 0 Å². The molecule has 4 rings (SSSR count). The molecule has 348 valence electrons. The van der Waals surface area contributed by atoms with E-state index in [4.69, 9.17) is 0 Å². The molecule has 64 heavy (non-hydrogen) atoms. The number of hydrogen-bond acceptors (Lipinski definition) is 0. The summed E-state index contributed by atoms with van der Waals surface area (Å²) in [6.45, 7) is 9.23. The highest BCUT2D eigenvalue weighted by molar-refractivity contribution is 5.63. The Morgan fingerprint density at radius 1 is 0.234 bits per heavy atom. The van der Waals surface area contributed by atoms with Gasteiger partial charge in [0.2, 0.25) is 0 Å². The zero-order valence-electron chi connectivity index (χ0n) is 42.1. The Kier molecular flexibility index (Phi) is 28.7. The van der Waals surface area contributed by atoms with Crippen molar-refractivity contribution in [2.45, 2.75) is 259 Å². The molecule has 0 aromatic heterocycles. The number of fused-ring (bicyclic) bond motifs is 3. The minimum atomic E-state index is 1.03. The Bertz CT molecular complexity index is 1770. The number of benzene rings is 3. The van der Waals surface area contributed by atoms with Crippen LogP contribution >= 0.6 is 0 Å². The van der Waals surface area contributed by atoms with E-state index >= 15 is 0 Å². The van der Waals surface area contributed by atoms with E-state index < -0.39 is 0 Å². The third kappa shape index (κ3) is 22.0. The summed E-state index contributed by atoms with van der Waals surface area (Å²) < 4.78 is 0. The van der Waals surface area contributed by atoms with Crippen LogP contribution in [0.2, 0.25) is 0 Å². The van der Waals surface area contributed by atoms with E-state index in [0.717, 1.165) is 59.1 Å². The summed E-state index contributed by atoms with van der Waals surface area (Å²) in [6, 6.07) is 18.7. The quantitative estimate of drug-likeness (QED) is 0.0316. The zero-order chi connectivity index (χ0) is 45.1. The van der Waals surface area contributed by atoms with Gasteiger partial charge in [-0.2, -0.15) is 0 Å². The molecule has 0 atom stereocenters. The van der Waals surface area contributed by atoms with Crippen LogP contribution in [-0.2, 0) is 25.7 Å². The summed E-state index contributed by atoms with van der Waals surface area (Å²) in [7, 11) is 0. The van der Waals surface area contributed by atoms with Gasteiger partial charge in [-0.25, -0.2) is 0 Å². The molecule has 0 amide bonds. The minimum Gasteiger partial charge on any atom is -0.0654 e. The molecule has 0 saturated carbocycles. The van der Waals surface area contributed by atoms with Gasteiger partial charge in [0.25, 0.3) is 0 Å². The van der Waals surface area contributed by atoms with Crippen molar-refractivity contribution in [2.24, 2.45) is 0 Å². The summed E-state index contributed by atoms with van der Waals surface area (Å²) in [5.41, 5.74) is 12.1. The lowest BCUT2D eigenvalue weighted by atomic mass is 9.91. The molecule has 3 aromatic carbocycles. The van der Waals surface area contributed by atoms with Gasteiger partial charge in [-0.3, -0.25) is 0 Å². The van der Waals surface area contributed by atoms with Crippen molar-refractivity contribution in [1.29, 1.82) is 0 Å². The maximum Gasteiger partial charge on any atom is 0.0408 e. The minimum absolute atomic E-state index is 1.03. The van der Waals surface area contributed by atoms with Gasteiger partial charge >= 0.3 is 0 Å². The highest BCUT2D eigenvalue weighted by Crippen LogP contribution is 2.25. The van der Waals surface area contributed by atoms with Gasteiger partial charge in [0, 0.05) is 33.4 Å². The van der Waals surface area contributed by atoms with Crippen LogP contribution in [0.25, 0.3) is 0 Å². The van der Waals surface area contributed by atoms with E-state index in [2.05, 4.69) is 112 Å². The molecular weight excluding hydrogens is 769 g/mol. The second-order valence-electron chi connectivity index (χ2n) is 19.6. The molecule has 1 aliphatic rings. The highest BCUT2D eigenvalue weighted by Gasteiger charge is 2.11. The van der Waals surface area contributed by atoms with Crippen molar-refractivity contribution in [3.8, 4) is 35.5 Å². The van der Waals surface area contributed by atoms with Crippen LogP contribution in [0, 0.1) is 35.5 Å². The van der Waals surface area contributed by atoms with E-state index in [0.29, 0.717) is 0 Å². The number of hydrogen-bond donors (Lipinski definition) is 0. The molecule has 0 spiro atoms. The normalized spacial score (nSPS) is 11.5. The molecule has 3 aromatic rings. The van der Waals surface area contributed by atoms with Crippen LogP contribution in [0.5, 0.6) is 0 Å². The Hall–Kier alpha value is -3.66. The lowest BCUT2D eigenvalue weighted by Gasteiger charge is -2.13. The maximum absolute atomic E-state index is 3.73. The van der Waals surface area contributed by atoms with Crippen LogP contribution in [0.15, 0.2) is 48.5 Å². The van der Waals surface area contributed by atoms with E-state index in [1.54, 1.807) is 0 Å². The standard InChI is InChI=1S/C64H92/c1-5-9-13-17-21-25-29-33-37-55-41-43-57-45-46-58-44-42-56(38-34-30-26-22-18-14-10-6-2)52-62(58)48-50-64-54-60(40-36-32-28-24-20-16-12-8-4)59(53-63(64)49-47-61(57)51-55)39-35-31-27-23-19-15-11-7-3/h41-44,51-54H,5-40H2,1-4H3. The molecule has 0 N–H and O–H groups in total. The van der Waals surface area contributed by atoms with Gasteiger partial charge in [0.05, 0.1) is 0 Å². The van der Waals surface area contributed by atoms with E-state index in [9.17, 15) is 0 Å². The first-order chi connectivity index (χ1) is 31.6. The number of unbranched alkanes of at least 4 members (excludes halogenated alkanes) is 28.